The van der Waals surface area contributed by atoms with E-state index in [9.17, 15) is 10.2 Å². The van der Waals surface area contributed by atoms with Crippen LogP contribution in [-0.4, -0.2) is 40.3 Å². The standard InChI is InChI=1S/C22H29ClN2O2/c1-3-25-21(17-7-9-19(23)10-8-17)18(12-22(25,2)15-26)14-24-13-16-5-4-6-20(27)11-16/h4-11,18,21,24,26-27H,3,12-15H2,1-2H3/t18-,21+,22+/m1/s1. The van der Waals surface area contributed by atoms with Gasteiger partial charge in [-0.15, -0.1) is 0 Å². The molecule has 0 unspecified atom stereocenters. The molecule has 3 atom stereocenters. The first-order valence-electron chi connectivity index (χ1n) is 9.58. The fraction of sp³-hybridized carbons (Fsp3) is 0.455. The number of aliphatic hydroxyl groups is 1. The summed E-state index contributed by atoms with van der Waals surface area (Å²) in [6.45, 7) is 6.88. The molecule has 1 aliphatic rings. The van der Waals surface area contributed by atoms with Gasteiger partial charge >= 0.3 is 0 Å². The van der Waals surface area contributed by atoms with Gasteiger partial charge in [0.1, 0.15) is 5.75 Å². The average molecular weight is 389 g/mol. The van der Waals surface area contributed by atoms with Gasteiger partial charge in [-0.25, -0.2) is 0 Å². The van der Waals surface area contributed by atoms with Crippen molar-refractivity contribution in [1.29, 1.82) is 0 Å². The van der Waals surface area contributed by atoms with Gasteiger partial charge in [0.2, 0.25) is 0 Å². The first-order chi connectivity index (χ1) is 13.0. The third-order valence-electron chi connectivity index (χ3n) is 5.72. The van der Waals surface area contributed by atoms with E-state index in [2.05, 4.69) is 36.2 Å². The summed E-state index contributed by atoms with van der Waals surface area (Å²) >= 11 is 6.09. The van der Waals surface area contributed by atoms with Crippen molar-refractivity contribution in [2.75, 3.05) is 19.7 Å². The Bertz CT molecular complexity index is 752. The zero-order valence-corrected chi connectivity index (χ0v) is 16.8. The van der Waals surface area contributed by atoms with E-state index >= 15 is 0 Å². The maximum Gasteiger partial charge on any atom is 0.115 e. The lowest BCUT2D eigenvalue weighted by atomic mass is 9.90. The molecule has 1 fully saturated rings. The molecular weight excluding hydrogens is 360 g/mol. The average Bonchev–Trinajstić information content (AvgIpc) is 2.95. The number of halogens is 1. The molecule has 3 N–H and O–H groups in total. The van der Waals surface area contributed by atoms with Gasteiger partial charge in [0.05, 0.1) is 6.61 Å². The van der Waals surface area contributed by atoms with E-state index in [4.69, 9.17) is 11.6 Å². The minimum absolute atomic E-state index is 0.147. The van der Waals surface area contributed by atoms with Crippen molar-refractivity contribution in [3.05, 3.63) is 64.7 Å². The summed E-state index contributed by atoms with van der Waals surface area (Å²) < 4.78 is 0. The Hall–Kier alpha value is -1.59. The van der Waals surface area contributed by atoms with Gasteiger partial charge in [-0.3, -0.25) is 4.90 Å². The van der Waals surface area contributed by atoms with Gasteiger partial charge in [0, 0.05) is 29.7 Å². The molecule has 1 heterocycles. The maximum atomic E-state index is 10.1. The number of benzene rings is 2. The number of nitrogens with one attached hydrogen (secondary N) is 1. The molecule has 0 bridgehead atoms. The Balaban J connectivity index is 1.77. The third-order valence-corrected chi connectivity index (χ3v) is 5.97. The van der Waals surface area contributed by atoms with Crippen molar-refractivity contribution in [2.45, 2.75) is 38.4 Å². The number of nitrogens with zero attached hydrogens (tertiary/aromatic N) is 1. The molecule has 2 aromatic carbocycles. The first kappa shape index (κ1) is 20.2. The zero-order valence-electron chi connectivity index (χ0n) is 16.0. The van der Waals surface area contributed by atoms with Gasteiger partial charge in [0.25, 0.3) is 0 Å². The molecule has 2 aromatic rings. The van der Waals surface area contributed by atoms with Crippen LogP contribution in [0.4, 0.5) is 0 Å². The van der Waals surface area contributed by atoms with E-state index in [1.54, 1.807) is 12.1 Å². The molecular formula is C22H29ClN2O2. The summed E-state index contributed by atoms with van der Waals surface area (Å²) in [5.41, 5.74) is 2.08. The largest absolute Gasteiger partial charge is 0.508 e. The van der Waals surface area contributed by atoms with E-state index in [0.29, 0.717) is 18.2 Å². The second-order valence-corrected chi connectivity index (χ2v) is 8.14. The number of hydrogen-bond acceptors (Lipinski definition) is 4. The number of likely N-dealkylation sites (N-methyl/N-ethyl adjacent to an activating group) is 1. The van der Waals surface area contributed by atoms with Crippen molar-refractivity contribution < 1.29 is 10.2 Å². The predicted octanol–water partition coefficient (Wildman–Crippen LogP) is 3.97. The normalized spacial score (nSPS) is 25.8. The second-order valence-electron chi connectivity index (χ2n) is 7.70. The minimum Gasteiger partial charge on any atom is -0.508 e. The summed E-state index contributed by atoms with van der Waals surface area (Å²) in [4.78, 5) is 2.41. The van der Waals surface area contributed by atoms with Crippen LogP contribution < -0.4 is 5.32 Å². The van der Waals surface area contributed by atoms with Crippen LogP contribution in [-0.2, 0) is 6.54 Å². The highest BCUT2D eigenvalue weighted by atomic mass is 35.5. The Morgan fingerprint density at radius 2 is 1.96 bits per heavy atom. The minimum atomic E-state index is -0.226. The molecule has 5 heteroatoms. The van der Waals surface area contributed by atoms with Crippen molar-refractivity contribution in [2.24, 2.45) is 5.92 Å². The molecule has 4 nitrogen and oxygen atoms in total. The highest BCUT2D eigenvalue weighted by Crippen LogP contribution is 2.46. The van der Waals surface area contributed by atoms with E-state index in [0.717, 1.165) is 30.1 Å². The van der Waals surface area contributed by atoms with E-state index in [-0.39, 0.29) is 18.2 Å². The van der Waals surface area contributed by atoms with E-state index < -0.39 is 0 Å². The summed E-state index contributed by atoms with van der Waals surface area (Å²) in [5, 5.41) is 24.0. The number of hydrogen-bond donors (Lipinski definition) is 3. The van der Waals surface area contributed by atoms with Gasteiger partial charge in [-0.05, 0) is 61.2 Å². The molecule has 3 rings (SSSR count). The first-order valence-corrected chi connectivity index (χ1v) is 9.96. The summed E-state index contributed by atoms with van der Waals surface area (Å²) in [6.07, 6.45) is 0.928. The Morgan fingerprint density at radius 1 is 1.22 bits per heavy atom. The summed E-state index contributed by atoms with van der Waals surface area (Å²) in [7, 11) is 0. The predicted molar refractivity (Wildman–Crippen MR) is 110 cm³/mol. The molecule has 1 saturated heterocycles. The fourth-order valence-electron chi connectivity index (χ4n) is 4.48. The van der Waals surface area contributed by atoms with Crippen LogP contribution >= 0.6 is 11.6 Å². The topological polar surface area (TPSA) is 55.7 Å². The van der Waals surface area contributed by atoms with E-state index in [1.165, 1.54) is 5.56 Å². The molecule has 0 radical (unpaired) electrons. The number of aliphatic hydroxyl groups excluding tert-OH is 1. The molecule has 27 heavy (non-hydrogen) atoms. The lowest BCUT2D eigenvalue weighted by Crippen LogP contribution is -2.45. The molecule has 1 aliphatic heterocycles. The summed E-state index contributed by atoms with van der Waals surface area (Å²) in [6, 6.07) is 15.7. The van der Waals surface area contributed by atoms with Crippen LogP contribution in [0.3, 0.4) is 0 Å². The van der Waals surface area contributed by atoms with Gasteiger partial charge in [-0.1, -0.05) is 42.8 Å². The Morgan fingerprint density at radius 3 is 2.59 bits per heavy atom. The number of rotatable bonds is 7. The van der Waals surface area contributed by atoms with Gasteiger partial charge in [-0.2, -0.15) is 0 Å². The maximum absolute atomic E-state index is 10.1. The van der Waals surface area contributed by atoms with Crippen LogP contribution in [0.1, 0.15) is 37.4 Å². The quantitative estimate of drug-likeness (QED) is 0.671. The van der Waals surface area contributed by atoms with E-state index in [1.807, 2.05) is 24.3 Å². The van der Waals surface area contributed by atoms with Crippen molar-refractivity contribution in [3.63, 3.8) is 0 Å². The van der Waals surface area contributed by atoms with Crippen LogP contribution in [0.5, 0.6) is 5.75 Å². The lowest BCUT2D eigenvalue weighted by Gasteiger charge is -2.37. The highest BCUT2D eigenvalue weighted by Gasteiger charge is 2.47. The second kappa shape index (κ2) is 8.61. The van der Waals surface area contributed by atoms with Crippen molar-refractivity contribution in [1.82, 2.24) is 10.2 Å². The van der Waals surface area contributed by atoms with Crippen molar-refractivity contribution in [3.8, 4) is 5.75 Å². The van der Waals surface area contributed by atoms with Crippen LogP contribution in [0.15, 0.2) is 48.5 Å². The lowest BCUT2D eigenvalue weighted by molar-refractivity contribution is 0.0579. The zero-order chi connectivity index (χ0) is 19.4. The molecule has 146 valence electrons. The van der Waals surface area contributed by atoms with Crippen LogP contribution in [0.25, 0.3) is 0 Å². The SMILES string of the molecule is CCN1[C@@H](c2ccc(Cl)cc2)[C@@H](CNCc2cccc(O)c2)C[C@@]1(C)CO. The van der Waals surface area contributed by atoms with Crippen molar-refractivity contribution >= 4 is 11.6 Å². The smallest absolute Gasteiger partial charge is 0.115 e. The molecule has 0 aromatic heterocycles. The number of phenols is 1. The fourth-order valence-corrected chi connectivity index (χ4v) is 4.61. The number of likely N-dealkylation sites (tertiary alicyclic amines) is 1. The molecule has 0 spiro atoms. The molecule has 0 saturated carbocycles. The van der Waals surface area contributed by atoms with Crippen LogP contribution in [0.2, 0.25) is 5.02 Å². The van der Waals surface area contributed by atoms with Gasteiger partial charge < -0.3 is 15.5 Å². The highest BCUT2D eigenvalue weighted by molar-refractivity contribution is 6.30. The Kier molecular flexibility index (Phi) is 6.43. The molecule has 0 aliphatic carbocycles. The summed E-state index contributed by atoms with van der Waals surface area (Å²) in [5.74, 6) is 0.666. The number of aromatic hydroxyl groups is 1. The van der Waals surface area contributed by atoms with Crippen LogP contribution in [0, 0.1) is 5.92 Å². The molecule has 0 amide bonds. The number of phenolic OH excluding ortho intramolecular Hbond substituents is 1. The Labute approximate surface area is 166 Å². The third kappa shape index (κ3) is 4.46. The monoisotopic (exact) mass is 388 g/mol. The van der Waals surface area contributed by atoms with Gasteiger partial charge in [0.15, 0.2) is 0 Å².